The van der Waals surface area contributed by atoms with Crippen molar-refractivity contribution in [2.75, 3.05) is 39.8 Å². The number of nitrogens with one attached hydrogen (secondary N) is 2. The number of nitrogens with zero attached hydrogens (tertiary/aromatic N) is 2. The summed E-state index contributed by atoms with van der Waals surface area (Å²) >= 11 is 0. The van der Waals surface area contributed by atoms with Crippen LogP contribution in [0.25, 0.3) is 10.9 Å². The molecule has 2 heterocycles. The molecule has 1 aromatic heterocycles. The van der Waals surface area contributed by atoms with Crippen LogP contribution in [0.2, 0.25) is 0 Å². The molecule has 1 amide bonds. The molecule has 1 aliphatic rings. The summed E-state index contributed by atoms with van der Waals surface area (Å²) in [4.78, 5) is 20.5. The van der Waals surface area contributed by atoms with Gasteiger partial charge in [0.2, 0.25) is 5.91 Å². The maximum absolute atomic E-state index is 12.2. The Kier molecular flexibility index (Phi) is 6.33. The molecule has 5 nitrogen and oxygen atoms in total. The molecule has 1 fully saturated rings. The van der Waals surface area contributed by atoms with Gasteiger partial charge < -0.3 is 15.2 Å². The van der Waals surface area contributed by atoms with Crippen molar-refractivity contribution in [2.24, 2.45) is 0 Å². The molecule has 1 aromatic carbocycles. The van der Waals surface area contributed by atoms with Crippen molar-refractivity contribution in [1.29, 1.82) is 0 Å². The fraction of sp³-hybridized carbons (Fsp3) is 0.571. The summed E-state index contributed by atoms with van der Waals surface area (Å²) in [5.74, 6) is 0.170. The predicted octanol–water partition coefficient (Wildman–Crippen LogP) is 2.55. The Bertz CT molecular complexity index is 731. The number of hydrogen-bond donors (Lipinski definition) is 2. The van der Waals surface area contributed by atoms with Crippen molar-refractivity contribution in [2.45, 2.75) is 39.2 Å². The van der Waals surface area contributed by atoms with Crippen LogP contribution in [-0.4, -0.2) is 66.5 Å². The van der Waals surface area contributed by atoms with Crippen LogP contribution in [0.3, 0.4) is 0 Å². The number of aromatic amines is 1. The van der Waals surface area contributed by atoms with E-state index < -0.39 is 0 Å². The average Bonchev–Trinajstić information content (AvgIpc) is 2.96. The highest BCUT2D eigenvalue weighted by Gasteiger charge is 2.19. The summed E-state index contributed by atoms with van der Waals surface area (Å²) in [7, 11) is 2.17. The number of fused-ring (bicyclic) bond motifs is 1. The lowest BCUT2D eigenvalue weighted by Crippen LogP contribution is -2.48. The molecular weight excluding hydrogens is 324 g/mol. The van der Waals surface area contributed by atoms with Gasteiger partial charge in [0.25, 0.3) is 0 Å². The highest BCUT2D eigenvalue weighted by atomic mass is 16.1. The van der Waals surface area contributed by atoms with E-state index >= 15 is 0 Å². The fourth-order valence-corrected chi connectivity index (χ4v) is 3.86. The van der Waals surface area contributed by atoms with Gasteiger partial charge in [0.05, 0.1) is 0 Å². The first-order valence-corrected chi connectivity index (χ1v) is 9.80. The lowest BCUT2D eigenvalue weighted by atomic mass is 10.1. The molecule has 1 saturated heterocycles. The number of rotatable bonds is 7. The van der Waals surface area contributed by atoms with Crippen LogP contribution in [-0.2, 0) is 11.2 Å². The minimum Gasteiger partial charge on any atom is -0.358 e. The normalized spacial score (nSPS) is 17.5. The maximum atomic E-state index is 12.2. The topological polar surface area (TPSA) is 51.4 Å². The second-order valence-corrected chi connectivity index (χ2v) is 7.60. The number of amides is 1. The Morgan fingerprint density at radius 3 is 2.73 bits per heavy atom. The second kappa shape index (κ2) is 8.69. The zero-order chi connectivity index (χ0) is 18.5. The third-order valence-corrected chi connectivity index (χ3v) is 5.67. The van der Waals surface area contributed by atoms with Gasteiger partial charge >= 0.3 is 0 Å². The molecule has 0 aliphatic carbocycles. The Hall–Kier alpha value is -1.85. The molecule has 26 heavy (non-hydrogen) atoms. The van der Waals surface area contributed by atoms with Crippen molar-refractivity contribution in [3.8, 4) is 0 Å². The summed E-state index contributed by atoms with van der Waals surface area (Å²) in [5, 5.41) is 4.37. The van der Waals surface area contributed by atoms with E-state index in [9.17, 15) is 4.79 Å². The van der Waals surface area contributed by atoms with Gasteiger partial charge in [-0.3, -0.25) is 9.69 Å². The monoisotopic (exact) mass is 356 g/mol. The first-order valence-electron chi connectivity index (χ1n) is 9.80. The van der Waals surface area contributed by atoms with Crippen LogP contribution in [0.15, 0.2) is 24.3 Å². The van der Waals surface area contributed by atoms with E-state index in [4.69, 9.17) is 0 Å². The smallest absolute Gasteiger partial charge is 0.220 e. The van der Waals surface area contributed by atoms with Crippen LogP contribution < -0.4 is 5.32 Å². The van der Waals surface area contributed by atoms with E-state index in [0.717, 1.165) is 39.0 Å². The molecule has 2 aromatic rings. The summed E-state index contributed by atoms with van der Waals surface area (Å²) < 4.78 is 0. The van der Waals surface area contributed by atoms with Gasteiger partial charge in [-0.15, -0.1) is 0 Å². The van der Waals surface area contributed by atoms with Gasteiger partial charge in [0, 0.05) is 61.8 Å². The number of likely N-dealkylation sites (N-methyl/N-ethyl adjacent to an activating group) is 1. The first-order chi connectivity index (χ1) is 12.5. The SMILES string of the molecule is Cc1[nH]c2ccccc2c1CCNC(=O)CC[C@H](C)N1CCN(C)CC1. The number of benzene rings is 1. The zero-order valence-electron chi connectivity index (χ0n) is 16.3. The first kappa shape index (κ1) is 18.9. The molecule has 1 atom stereocenters. The Morgan fingerprint density at radius 2 is 1.96 bits per heavy atom. The van der Waals surface area contributed by atoms with Gasteiger partial charge in [-0.1, -0.05) is 18.2 Å². The molecule has 5 heteroatoms. The van der Waals surface area contributed by atoms with Gasteiger partial charge in [-0.2, -0.15) is 0 Å². The third-order valence-electron chi connectivity index (χ3n) is 5.67. The molecule has 0 bridgehead atoms. The lowest BCUT2D eigenvalue weighted by molar-refractivity contribution is -0.121. The minimum absolute atomic E-state index is 0.170. The van der Waals surface area contributed by atoms with E-state index in [1.807, 2.05) is 6.07 Å². The summed E-state index contributed by atoms with van der Waals surface area (Å²) in [6.45, 7) is 9.52. The van der Waals surface area contributed by atoms with Crippen molar-refractivity contribution in [1.82, 2.24) is 20.1 Å². The molecule has 0 unspecified atom stereocenters. The number of H-pyrrole nitrogens is 1. The zero-order valence-corrected chi connectivity index (χ0v) is 16.3. The van der Waals surface area contributed by atoms with E-state index in [1.54, 1.807) is 0 Å². The Morgan fingerprint density at radius 1 is 1.23 bits per heavy atom. The number of para-hydroxylation sites is 1. The Balaban J connectivity index is 1.41. The highest BCUT2D eigenvalue weighted by molar-refractivity contribution is 5.84. The summed E-state index contributed by atoms with van der Waals surface area (Å²) in [6, 6.07) is 8.84. The Labute approximate surface area is 156 Å². The molecule has 2 N–H and O–H groups in total. The van der Waals surface area contributed by atoms with Crippen molar-refractivity contribution in [3.63, 3.8) is 0 Å². The fourth-order valence-electron chi connectivity index (χ4n) is 3.86. The van der Waals surface area contributed by atoms with Crippen molar-refractivity contribution < 1.29 is 4.79 Å². The van der Waals surface area contributed by atoms with Crippen molar-refractivity contribution >= 4 is 16.8 Å². The molecule has 3 rings (SSSR count). The summed E-state index contributed by atoms with van der Waals surface area (Å²) in [6.07, 6.45) is 2.41. The molecule has 0 saturated carbocycles. The number of carbonyl (C=O) groups excluding carboxylic acids is 1. The van der Waals surface area contributed by atoms with E-state index in [0.29, 0.717) is 19.0 Å². The number of aryl methyl sites for hydroxylation is 1. The van der Waals surface area contributed by atoms with Crippen LogP contribution in [0, 0.1) is 6.92 Å². The number of hydrogen-bond acceptors (Lipinski definition) is 3. The van der Waals surface area contributed by atoms with Crippen LogP contribution in [0.4, 0.5) is 0 Å². The van der Waals surface area contributed by atoms with E-state index in [-0.39, 0.29) is 5.91 Å². The van der Waals surface area contributed by atoms with Crippen LogP contribution in [0.5, 0.6) is 0 Å². The molecular formula is C21H32N4O. The molecule has 1 aliphatic heterocycles. The predicted molar refractivity (Wildman–Crippen MR) is 108 cm³/mol. The highest BCUT2D eigenvalue weighted by Crippen LogP contribution is 2.21. The lowest BCUT2D eigenvalue weighted by Gasteiger charge is -2.36. The maximum Gasteiger partial charge on any atom is 0.220 e. The van der Waals surface area contributed by atoms with Crippen LogP contribution >= 0.6 is 0 Å². The largest absolute Gasteiger partial charge is 0.358 e. The van der Waals surface area contributed by atoms with Gasteiger partial charge in [0.15, 0.2) is 0 Å². The van der Waals surface area contributed by atoms with Crippen LogP contribution in [0.1, 0.15) is 31.0 Å². The van der Waals surface area contributed by atoms with Crippen molar-refractivity contribution in [3.05, 3.63) is 35.5 Å². The second-order valence-electron chi connectivity index (χ2n) is 7.60. The molecule has 142 valence electrons. The molecule has 0 radical (unpaired) electrons. The quantitative estimate of drug-likeness (QED) is 0.802. The van der Waals surface area contributed by atoms with E-state index in [2.05, 4.69) is 59.2 Å². The number of carbonyl (C=O) groups is 1. The number of aromatic nitrogens is 1. The molecule has 0 spiro atoms. The van der Waals surface area contributed by atoms with Gasteiger partial charge in [-0.05, 0) is 45.4 Å². The van der Waals surface area contributed by atoms with Gasteiger partial charge in [-0.25, -0.2) is 0 Å². The summed E-state index contributed by atoms with van der Waals surface area (Å²) in [5.41, 5.74) is 3.68. The minimum atomic E-state index is 0.170. The number of piperazine rings is 1. The standard InChI is InChI=1S/C21H32N4O/c1-16(25-14-12-24(3)13-15-25)8-9-21(26)22-11-10-18-17(2)23-20-7-5-4-6-19(18)20/h4-7,16,23H,8-15H2,1-3H3,(H,22,26)/t16-/m0/s1. The average molecular weight is 357 g/mol. The third kappa shape index (κ3) is 4.65. The van der Waals surface area contributed by atoms with Gasteiger partial charge in [0.1, 0.15) is 0 Å². The van der Waals surface area contributed by atoms with E-state index in [1.165, 1.54) is 22.2 Å².